The van der Waals surface area contributed by atoms with Crippen LogP contribution in [0.1, 0.15) is 35.7 Å². The zero-order valence-electron chi connectivity index (χ0n) is 17.7. The Hall–Kier alpha value is -4.01. The summed E-state index contributed by atoms with van der Waals surface area (Å²) < 4.78 is 1.69. The van der Waals surface area contributed by atoms with Crippen LogP contribution in [-0.2, 0) is 11.3 Å². The molecular formula is C23H23N7O2. The van der Waals surface area contributed by atoms with Gasteiger partial charge in [0.05, 0.1) is 11.9 Å². The van der Waals surface area contributed by atoms with Crippen molar-refractivity contribution < 1.29 is 9.59 Å². The number of hydrogen-bond donors (Lipinski definition) is 2. The highest BCUT2D eigenvalue weighted by atomic mass is 16.2. The molecule has 0 aliphatic carbocycles. The first-order valence-corrected chi connectivity index (χ1v) is 10.6. The van der Waals surface area contributed by atoms with Crippen molar-refractivity contribution in [3.05, 3.63) is 66.1 Å². The lowest BCUT2D eigenvalue weighted by molar-refractivity contribution is -0.126. The smallest absolute Gasteiger partial charge is 0.255 e. The Morgan fingerprint density at radius 2 is 2.12 bits per heavy atom. The first-order valence-electron chi connectivity index (χ1n) is 10.6. The summed E-state index contributed by atoms with van der Waals surface area (Å²) in [4.78, 5) is 31.2. The average Bonchev–Trinajstić information content (AvgIpc) is 3.40. The molecule has 1 aromatic carbocycles. The number of nitrogens with zero attached hydrogens (tertiary/aromatic N) is 5. The van der Waals surface area contributed by atoms with Crippen molar-refractivity contribution in [3.63, 3.8) is 0 Å². The standard InChI is InChI=1S/C23H23N7O2/c1-3-24-21-11-15(8-9-25-21)19-13-30(28-27-19)17-5-6-18-16(10-17)12-29(23(18)32)20-7-4-14(2)26-22(20)31/h5-6,8-11,13,20H,2-4,7,12H2,1H3,(H,24,25)(H,26,31). The molecule has 5 rings (SSSR count). The van der Waals surface area contributed by atoms with Gasteiger partial charge < -0.3 is 15.5 Å². The fourth-order valence-corrected chi connectivity index (χ4v) is 4.17. The number of hydrogen-bond acceptors (Lipinski definition) is 6. The van der Waals surface area contributed by atoms with Gasteiger partial charge in [-0.2, -0.15) is 0 Å². The van der Waals surface area contributed by atoms with E-state index in [1.807, 2.05) is 37.4 Å². The van der Waals surface area contributed by atoms with Crippen molar-refractivity contribution in [2.45, 2.75) is 32.4 Å². The van der Waals surface area contributed by atoms with Gasteiger partial charge in [0.1, 0.15) is 17.6 Å². The fraction of sp³-hybridized carbons (Fsp3) is 0.261. The predicted octanol–water partition coefficient (Wildman–Crippen LogP) is 2.51. The van der Waals surface area contributed by atoms with E-state index in [1.165, 1.54) is 0 Å². The third kappa shape index (κ3) is 3.51. The molecule has 0 bridgehead atoms. The molecule has 9 nitrogen and oxygen atoms in total. The maximum absolute atomic E-state index is 12.9. The highest BCUT2D eigenvalue weighted by Gasteiger charge is 2.38. The minimum atomic E-state index is -0.473. The average molecular weight is 429 g/mol. The molecule has 9 heteroatoms. The Balaban J connectivity index is 1.39. The molecule has 2 N–H and O–H groups in total. The van der Waals surface area contributed by atoms with Crippen LogP contribution in [-0.4, -0.2) is 49.3 Å². The van der Waals surface area contributed by atoms with E-state index in [0.717, 1.165) is 34.9 Å². The molecule has 3 aromatic rings. The molecule has 1 fully saturated rings. The number of piperidine rings is 1. The zero-order chi connectivity index (χ0) is 22.2. The molecule has 0 radical (unpaired) electrons. The SMILES string of the molecule is C=C1CCC(N2Cc3cc(-n4cc(-c5ccnc(NCC)c5)nn4)ccc3C2=O)C(=O)N1. The van der Waals surface area contributed by atoms with Gasteiger partial charge in [-0.05, 0) is 55.7 Å². The number of amides is 2. The lowest BCUT2D eigenvalue weighted by Crippen LogP contribution is -2.49. The van der Waals surface area contributed by atoms with Crippen LogP contribution in [0.3, 0.4) is 0 Å². The first-order chi connectivity index (χ1) is 15.5. The summed E-state index contributed by atoms with van der Waals surface area (Å²) in [7, 11) is 0. The van der Waals surface area contributed by atoms with Crippen molar-refractivity contribution in [3.8, 4) is 16.9 Å². The number of carbonyl (C=O) groups is 2. The summed E-state index contributed by atoms with van der Waals surface area (Å²) >= 11 is 0. The number of anilines is 1. The van der Waals surface area contributed by atoms with E-state index in [-0.39, 0.29) is 11.8 Å². The summed E-state index contributed by atoms with van der Waals surface area (Å²) in [6.45, 7) is 7.00. The Bertz CT molecular complexity index is 1230. The number of aromatic nitrogens is 4. The minimum Gasteiger partial charge on any atom is -0.370 e. The molecule has 2 amide bonds. The Kier molecular flexibility index (Phi) is 4.93. The quantitative estimate of drug-likeness (QED) is 0.646. The maximum atomic E-state index is 12.9. The van der Waals surface area contributed by atoms with E-state index >= 15 is 0 Å². The highest BCUT2D eigenvalue weighted by Crippen LogP contribution is 2.30. The van der Waals surface area contributed by atoms with Gasteiger partial charge in [0.25, 0.3) is 5.91 Å². The molecule has 4 heterocycles. The van der Waals surface area contributed by atoms with E-state index in [0.29, 0.717) is 30.6 Å². The summed E-state index contributed by atoms with van der Waals surface area (Å²) in [5.74, 6) is 0.495. The minimum absolute atomic E-state index is 0.119. The number of carbonyl (C=O) groups excluding carboxylic acids is 2. The van der Waals surface area contributed by atoms with Crippen molar-refractivity contribution in [2.24, 2.45) is 0 Å². The van der Waals surface area contributed by atoms with Gasteiger partial charge in [0.15, 0.2) is 0 Å². The largest absolute Gasteiger partial charge is 0.370 e. The van der Waals surface area contributed by atoms with Crippen molar-refractivity contribution >= 4 is 17.6 Å². The maximum Gasteiger partial charge on any atom is 0.255 e. The van der Waals surface area contributed by atoms with Crippen LogP contribution in [0, 0.1) is 0 Å². The molecule has 1 atom stereocenters. The number of allylic oxidation sites excluding steroid dienone is 1. The number of nitrogens with one attached hydrogen (secondary N) is 2. The molecule has 1 saturated heterocycles. The number of benzene rings is 1. The Morgan fingerprint density at radius 1 is 1.25 bits per heavy atom. The molecule has 1 unspecified atom stereocenters. The topological polar surface area (TPSA) is 105 Å². The van der Waals surface area contributed by atoms with Gasteiger partial charge in [-0.15, -0.1) is 5.10 Å². The molecule has 0 spiro atoms. The van der Waals surface area contributed by atoms with Crippen LogP contribution in [0.2, 0.25) is 0 Å². The van der Waals surface area contributed by atoms with Crippen LogP contribution in [0.4, 0.5) is 5.82 Å². The van der Waals surface area contributed by atoms with Crippen LogP contribution in [0.5, 0.6) is 0 Å². The third-order valence-corrected chi connectivity index (χ3v) is 5.79. The second-order valence-corrected chi connectivity index (χ2v) is 7.93. The van der Waals surface area contributed by atoms with Gasteiger partial charge in [0.2, 0.25) is 5.91 Å². The molecule has 32 heavy (non-hydrogen) atoms. The van der Waals surface area contributed by atoms with Crippen LogP contribution < -0.4 is 10.6 Å². The summed E-state index contributed by atoms with van der Waals surface area (Å²) in [5.41, 5.74) is 4.64. The molecule has 2 aromatic heterocycles. The third-order valence-electron chi connectivity index (χ3n) is 5.79. The fourth-order valence-electron chi connectivity index (χ4n) is 4.17. The van der Waals surface area contributed by atoms with Crippen molar-refractivity contribution in [1.29, 1.82) is 0 Å². The number of rotatable bonds is 5. The van der Waals surface area contributed by atoms with Gasteiger partial charge >= 0.3 is 0 Å². The van der Waals surface area contributed by atoms with E-state index in [2.05, 4.69) is 32.5 Å². The van der Waals surface area contributed by atoms with Crippen LogP contribution >= 0.6 is 0 Å². The van der Waals surface area contributed by atoms with E-state index < -0.39 is 6.04 Å². The zero-order valence-corrected chi connectivity index (χ0v) is 17.7. The van der Waals surface area contributed by atoms with Gasteiger partial charge in [-0.1, -0.05) is 11.8 Å². The lowest BCUT2D eigenvalue weighted by Gasteiger charge is -2.30. The van der Waals surface area contributed by atoms with Crippen molar-refractivity contribution in [1.82, 2.24) is 30.2 Å². The normalized spacial score (nSPS) is 18.0. The van der Waals surface area contributed by atoms with Crippen LogP contribution in [0.15, 0.2) is 55.0 Å². The van der Waals surface area contributed by atoms with Crippen LogP contribution in [0.25, 0.3) is 16.9 Å². The van der Waals surface area contributed by atoms with Gasteiger partial charge in [-0.3, -0.25) is 9.59 Å². The van der Waals surface area contributed by atoms with E-state index in [1.54, 1.807) is 21.8 Å². The van der Waals surface area contributed by atoms with Gasteiger partial charge in [0, 0.05) is 36.1 Å². The predicted molar refractivity (Wildman–Crippen MR) is 119 cm³/mol. The summed E-state index contributed by atoms with van der Waals surface area (Å²) in [6.07, 6.45) is 4.85. The lowest BCUT2D eigenvalue weighted by atomic mass is 10.0. The van der Waals surface area contributed by atoms with E-state index in [4.69, 9.17) is 0 Å². The second kappa shape index (κ2) is 7.92. The van der Waals surface area contributed by atoms with Gasteiger partial charge in [-0.25, -0.2) is 9.67 Å². The monoisotopic (exact) mass is 429 g/mol. The Morgan fingerprint density at radius 3 is 2.94 bits per heavy atom. The second-order valence-electron chi connectivity index (χ2n) is 7.93. The number of pyridine rings is 1. The summed E-state index contributed by atoms with van der Waals surface area (Å²) in [6, 6.07) is 8.92. The number of fused-ring (bicyclic) bond motifs is 1. The molecule has 2 aliphatic rings. The molecule has 2 aliphatic heterocycles. The first kappa shape index (κ1) is 19.9. The Labute approximate surface area is 185 Å². The molecule has 0 saturated carbocycles. The van der Waals surface area contributed by atoms with Crippen molar-refractivity contribution in [2.75, 3.05) is 11.9 Å². The van der Waals surface area contributed by atoms with E-state index in [9.17, 15) is 9.59 Å². The molecule has 162 valence electrons. The molecular weight excluding hydrogens is 406 g/mol. The summed E-state index contributed by atoms with van der Waals surface area (Å²) in [5, 5.41) is 14.5. The highest BCUT2D eigenvalue weighted by molar-refractivity contribution is 6.01.